The van der Waals surface area contributed by atoms with Gasteiger partial charge in [-0.2, -0.15) is 0 Å². The summed E-state index contributed by atoms with van der Waals surface area (Å²) < 4.78 is 32.0. The number of aliphatic imine (C=N–C) groups is 1. The third-order valence-corrected chi connectivity index (χ3v) is 6.19. The van der Waals surface area contributed by atoms with Crippen molar-refractivity contribution in [2.75, 3.05) is 14.1 Å². The molecule has 1 atom stereocenters. The van der Waals surface area contributed by atoms with Gasteiger partial charge in [0.2, 0.25) is 10.0 Å². The van der Waals surface area contributed by atoms with Crippen molar-refractivity contribution >= 4 is 16.0 Å². The first-order valence-corrected chi connectivity index (χ1v) is 11.5. The molecule has 0 aliphatic heterocycles. The second-order valence-corrected chi connectivity index (χ2v) is 8.97. The molecule has 164 valence electrons. The number of hydrogen-bond acceptors (Lipinski definition) is 4. The molecule has 2 aromatic carbocycles. The fourth-order valence-electron chi connectivity index (χ4n) is 2.71. The van der Waals surface area contributed by atoms with Crippen LogP contribution in [0.1, 0.15) is 37.0 Å². The molecule has 0 amide bonds. The van der Waals surface area contributed by atoms with Crippen molar-refractivity contribution in [1.82, 2.24) is 15.4 Å². The van der Waals surface area contributed by atoms with Crippen LogP contribution in [-0.2, 0) is 23.1 Å². The van der Waals surface area contributed by atoms with Crippen molar-refractivity contribution in [3.8, 4) is 5.75 Å². The highest BCUT2D eigenvalue weighted by atomic mass is 32.2. The summed E-state index contributed by atoms with van der Waals surface area (Å²) in [5, 5.41) is 6.55. The standard InChI is InChI=1S/C22H32N4O3S/c1-6-17(3)29-21-13-16(2)7-10-19(21)15-26-22(23-4)25-14-18-8-11-20(12-9-18)30(27,28)24-5/h7-13,17,24H,6,14-15H2,1-5H3,(H2,23,25,26). The summed E-state index contributed by atoms with van der Waals surface area (Å²) in [6.07, 6.45) is 1.09. The zero-order chi connectivity index (χ0) is 22.1. The zero-order valence-corrected chi connectivity index (χ0v) is 19.1. The third kappa shape index (κ3) is 6.74. The number of hydrogen-bond donors (Lipinski definition) is 3. The highest BCUT2D eigenvalue weighted by molar-refractivity contribution is 7.89. The van der Waals surface area contributed by atoms with Crippen LogP contribution < -0.4 is 20.1 Å². The van der Waals surface area contributed by atoms with Gasteiger partial charge < -0.3 is 15.4 Å². The van der Waals surface area contributed by atoms with E-state index in [1.807, 2.05) is 6.92 Å². The topological polar surface area (TPSA) is 91.8 Å². The van der Waals surface area contributed by atoms with Crippen LogP contribution in [-0.4, -0.2) is 34.6 Å². The lowest BCUT2D eigenvalue weighted by atomic mass is 10.1. The van der Waals surface area contributed by atoms with E-state index < -0.39 is 10.0 Å². The monoisotopic (exact) mass is 432 g/mol. The van der Waals surface area contributed by atoms with Gasteiger partial charge >= 0.3 is 0 Å². The minimum Gasteiger partial charge on any atom is -0.490 e. The molecule has 2 rings (SSSR count). The zero-order valence-electron chi connectivity index (χ0n) is 18.3. The van der Waals surface area contributed by atoms with E-state index >= 15 is 0 Å². The van der Waals surface area contributed by atoms with E-state index in [4.69, 9.17) is 4.74 Å². The first kappa shape index (κ1) is 23.7. The molecule has 3 N–H and O–H groups in total. The van der Waals surface area contributed by atoms with Gasteiger partial charge in [0.15, 0.2) is 5.96 Å². The van der Waals surface area contributed by atoms with E-state index in [-0.39, 0.29) is 11.0 Å². The van der Waals surface area contributed by atoms with Gasteiger partial charge in [-0.05, 0) is 56.6 Å². The molecule has 30 heavy (non-hydrogen) atoms. The fraction of sp³-hybridized carbons (Fsp3) is 0.409. The van der Waals surface area contributed by atoms with Crippen LogP contribution in [0.2, 0.25) is 0 Å². The Bertz CT molecular complexity index is 957. The second-order valence-electron chi connectivity index (χ2n) is 7.08. The van der Waals surface area contributed by atoms with Crippen molar-refractivity contribution < 1.29 is 13.2 Å². The van der Waals surface area contributed by atoms with E-state index in [9.17, 15) is 8.42 Å². The van der Waals surface area contributed by atoms with Crippen LogP contribution in [0, 0.1) is 6.92 Å². The van der Waals surface area contributed by atoms with Gasteiger partial charge in [-0.1, -0.05) is 31.2 Å². The highest BCUT2D eigenvalue weighted by Crippen LogP contribution is 2.22. The molecule has 2 aromatic rings. The molecule has 8 heteroatoms. The van der Waals surface area contributed by atoms with E-state index in [0.717, 1.165) is 28.9 Å². The Labute approximate surface area is 180 Å². The number of rotatable bonds is 9. The van der Waals surface area contributed by atoms with Crippen molar-refractivity contribution in [2.45, 2.75) is 51.3 Å². The SMILES string of the molecule is CCC(C)Oc1cc(C)ccc1CNC(=NC)NCc1ccc(S(=O)(=O)NC)cc1. The summed E-state index contributed by atoms with van der Waals surface area (Å²) in [5.74, 6) is 1.53. The molecule has 7 nitrogen and oxygen atoms in total. The summed E-state index contributed by atoms with van der Waals surface area (Å²) in [6, 6.07) is 12.9. The Hall–Kier alpha value is -2.58. The summed E-state index contributed by atoms with van der Waals surface area (Å²) in [6.45, 7) is 7.31. The fourth-order valence-corrected chi connectivity index (χ4v) is 3.44. The maximum absolute atomic E-state index is 11.8. The summed E-state index contributed by atoms with van der Waals surface area (Å²) in [4.78, 5) is 4.50. The average Bonchev–Trinajstić information content (AvgIpc) is 2.75. The van der Waals surface area contributed by atoms with Gasteiger partial charge in [0.05, 0.1) is 11.0 Å². The first-order chi connectivity index (χ1) is 14.3. The second kappa shape index (κ2) is 11.0. The number of sulfonamides is 1. The Balaban J connectivity index is 1.97. The molecule has 0 saturated heterocycles. The number of nitrogens with zero attached hydrogens (tertiary/aromatic N) is 1. The molecule has 0 fully saturated rings. The van der Waals surface area contributed by atoms with Gasteiger partial charge in [0.25, 0.3) is 0 Å². The molecular weight excluding hydrogens is 400 g/mol. The molecule has 0 saturated carbocycles. The van der Waals surface area contributed by atoms with E-state index in [0.29, 0.717) is 19.0 Å². The van der Waals surface area contributed by atoms with Crippen molar-refractivity contribution in [2.24, 2.45) is 4.99 Å². The van der Waals surface area contributed by atoms with Crippen LogP contribution in [0.4, 0.5) is 0 Å². The average molecular weight is 433 g/mol. The molecule has 0 bridgehead atoms. The van der Waals surface area contributed by atoms with Crippen LogP contribution in [0.25, 0.3) is 0 Å². The van der Waals surface area contributed by atoms with Gasteiger partial charge in [-0.15, -0.1) is 0 Å². The number of ether oxygens (including phenoxy) is 1. The maximum Gasteiger partial charge on any atom is 0.240 e. The minimum atomic E-state index is -3.43. The van der Waals surface area contributed by atoms with Gasteiger partial charge in [-0.25, -0.2) is 13.1 Å². The number of guanidine groups is 1. The van der Waals surface area contributed by atoms with Gasteiger partial charge in [-0.3, -0.25) is 4.99 Å². The summed E-state index contributed by atoms with van der Waals surface area (Å²) >= 11 is 0. The molecule has 0 spiro atoms. The third-order valence-electron chi connectivity index (χ3n) is 4.76. The maximum atomic E-state index is 11.8. The predicted octanol–water partition coefficient (Wildman–Crippen LogP) is 2.95. The lowest BCUT2D eigenvalue weighted by Crippen LogP contribution is -2.36. The molecule has 0 aromatic heterocycles. The quantitative estimate of drug-likeness (QED) is 0.419. The Morgan fingerprint density at radius 3 is 2.37 bits per heavy atom. The van der Waals surface area contributed by atoms with E-state index in [2.05, 4.69) is 52.4 Å². The largest absolute Gasteiger partial charge is 0.490 e. The van der Waals surface area contributed by atoms with Crippen molar-refractivity contribution in [3.63, 3.8) is 0 Å². The Morgan fingerprint density at radius 1 is 1.10 bits per heavy atom. The number of nitrogens with one attached hydrogen (secondary N) is 3. The lowest BCUT2D eigenvalue weighted by Gasteiger charge is -2.18. The van der Waals surface area contributed by atoms with E-state index in [1.165, 1.54) is 7.05 Å². The van der Waals surface area contributed by atoms with Gasteiger partial charge in [0, 0.05) is 25.7 Å². The lowest BCUT2D eigenvalue weighted by molar-refractivity contribution is 0.215. The Morgan fingerprint density at radius 2 is 1.77 bits per heavy atom. The summed E-state index contributed by atoms with van der Waals surface area (Å²) in [5.41, 5.74) is 3.16. The smallest absolute Gasteiger partial charge is 0.240 e. The summed E-state index contributed by atoms with van der Waals surface area (Å²) in [7, 11) is -0.318. The predicted molar refractivity (Wildman–Crippen MR) is 121 cm³/mol. The number of benzene rings is 2. The number of aryl methyl sites for hydroxylation is 1. The highest BCUT2D eigenvalue weighted by Gasteiger charge is 2.11. The van der Waals surface area contributed by atoms with Crippen LogP contribution in [0.3, 0.4) is 0 Å². The van der Waals surface area contributed by atoms with Crippen molar-refractivity contribution in [1.29, 1.82) is 0 Å². The molecule has 0 aliphatic rings. The normalized spacial score (nSPS) is 13.0. The molecule has 0 aliphatic carbocycles. The van der Waals surface area contributed by atoms with E-state index in [1.54, 1.807) is 31.3 Å². The molecule has 0 radical (unpaired) electrons. The van der Waals surface area contributed by atoms with Crippen LogP contribution >= 0.6 is 0 Å². The van der Waals surface area contributed by atoms with Crippen LogP contribution in [0.5, 0.6) is 5.75 Å². The minimum absolute atomic E-state index is 0.151. The molecule has 0 heterocycles. The molecule has 1 unspecified atom stereocenters. The Kier molecular flexibility index (Phi) is 8.68. The molecular formula is C22H32N4O3S. The first-order valence-electron chi connectivity index (χ1n) is 10.0. The van der Waals surface area contributed by atoms with Gasteiger partial charge in [0.1, 0.15) is 5.75 Å². The van der Waals surface area contributed by atoms with Crippen LogP contribution in [0.15, 0.2) is 52.4 Å². The van der Waals surface area contributed by atoms with Crippen molar-refractivity contribution in [3.05, 3.63) is 59.2 Å².